The number of nitrogens with two attached hydrogens (primary N) is 1. The Balaban J connectivity index is 2.25. The van der Waals surface area contributed by atoms with Gasteiger partial charge in [0.2, 0.25) is 0 Å². The van der Waals surface area contributed by atoms with Crippen molar-refractivity contribution in [1.82, 2.24) is 4.90 Å². The Morgan fingerprint density at radius 2 is 2.42 bits per heavy atom. The third-order valence-corrected chi connectivity index (χ3v) is 3.44. The second kappa shape index (κ2) is 5.10. The highest BCUT2D eigenvalue weighted by Crippen LogP contribution is 2.19. The quantitative estimate of drug-likeness (QED) is 0.714. The molecular weight excluding hydrogens is 168 g/mol. The second-order valence-corrected chi connectivity index (χ2v) is 4.47. The highest BCUT2D eigenvalue weighted by Gasteiger charge is 2.25. The van der Waals surface area contributed by atoms with Crippen molar-refractivity contribution in [1.29, 1.82) is 0 Å². The Kier molecular flexibility index (Phi) is 4.40. The van der Waals surface area contributed by atoms with Gasteiger partial charge in [-0.25, -0.2) is 0 Å². The first-order valence-corrected chi connectivity index (χ1v) is 6.14. The maximum atomic E-state index is 6.06. The van der Waals surface area contributed by atoms with Crippen LogP contribution >= 0.6 is 11.8 Å². The second-order valence-electron chi connectivity index (χ2n) is 3.56. The smallest absolute Gasteiger partial charge is 0.0171 e. The molecule has 1 aliphatic heterocycles. The van der Waals surface area contributed by atoms with Gasteiger partial charge >= 0.3 is 0 Å². The molecule has 0 amide bonds. The van der Waals surface area contributed by atoms with Crippen LogP contribution in [-0.2, 0) is 0 Å². The molecule has 0 spiro atoms. The fraction of sp³-hybridized carbons (Fsp3) is 1.00. The molecule has 2 atom stereocenters. The molecule has 12 heavy (non-hydrogen) atoms. The summed E-state index contributed by atoms with van der Waals surface area (Å²) in [6.45, 7) is 5.88. The fourth-order valence-corrected chi connectivity index (χ4v) is 2.48. The van der Waals surface area contributed by atoms with Crippen molar-refractivity contribution < 1.29 is 0 Å². The Bertz CT molecular complexity index is 130. The lowest BCUT2D eigenvalue weighted by Crippen LogP contribution is -2.34. The molecule has 2 unspecified atom stereocenters. The van der Waals surface area contributed by atoms with Gasteiger partial charge in [-0.1, -0.05) is 6.92 Å². The fourth-order valence-electron chi connectivity index (χ4n) is 1.83. The molecule has 2 nitrogen and oxygen atoms in total. The van der Waals surface area contributed by atoms with Gasteiger partial charge < -0.3 is 10.6 Å². The molecule has 1 rings (SSSR count). The Labute approximate surface area is 79.9 Å². The van der Waals surface area contributed by atoms with E-state index in [0.29, 0.717) is 6.04 Å². The zero-order valence-corrected chi connectivity index (χ0v) is 8.94. The van der Waals surface area contributed by atoms with E-state index in [-0.39, 0.29) is 0 Å². The van der Waals surface area contributed by atoms with Crippen molar-refractivity contribution in [2.45, 2.75) is 19.4 Å². The highest BCUT2D eigenvalue weighted by atomic mass is 32.2. The molecule has 0 aliphatic carbocycles. The van der Waals surface area contributed by atoms with E-state index in [1.165, 1.54) is 26.1 Å². The largest absolute Gasteiger partial charge is 0.327 e. The number of rotatable bonds is 4. The van der Waals surface area contributed by atoms with Gasteiger partial charge in [0, 0.05) is 18.3 Å². The minimum Gasteiger partial charge on any atom is -0.327 e. The van der Waals surface area contributed by atoms with Gasteiger partial charge in [0.1, 0.15) is 0 Å². The van der Waals surface area contributed by atoms with Gasteiger partial charge in [-0.15, -0.1) is 0 Å². The van der Waals surface area contributed by atoms with Crippen LogP contribution in [0.3, 0.4) is 0 Å². The van der Waals surface area contributed by atoms with Crippen LogP contribution in [0, 0.1) is 5.92 Å². The summed E-state index contributed by atoms with van der Waals surface area (Å²) < 4.78 is 0. The lowest BCUT2D eigenvalue weighted by atomic mass is 10.0. The Morgan fingerprint density at radius 3 is 2.92 bits per heavy atom. The zero-order valence-electron chi connectivity index (χ0n) is 8.12. The summed E-state index contributed by atoms with van der Waals surface area (Å²) >= 11 is 1.86. The average Bonchev–Trinajstić information content (AvgIpc) is 2.52. The minimum atomic E-state index is 0.413. The van der Waals surface area contributed by atoms with Crippen molar-refractivity contribution in [2.24, 2.45) is 11.7 Å². The zero-order chi connectivity index (χ0) is 8.97. The lowest BCUT2D eigenvalue weighted by Gasteiger charge is -2.18. The van der Waals surface area contributed by atoms with Gasteiger partial charge in [-0.3, -0.25) is 0 Å². The maximum absolute atomic E-state index is 6.06. The topological polar surface area (TPSA) is 29.3 Å². The predicted molar refractivity (Wildman–Crippen MR) is 56.6 cm³/mol. The Morgan fingerprint density at radius 1 is 1.67 bits per heavy atom. The molecule has 3 heteroatoms. The van der Waals surface area contributed by atoms with E-state index >= 15 is 0 Å². The SMILES string of the molecule is CCN1CCC(C(N)CSC)C1. The van der Waals surface area contributed by atoms with Crippen molar-refractivity contribution in [3.63, 3.8) is 0 Å². The van der Waals surface area contributed by atoms with E-state index in [9.17, 15) is 0 Å². The third kappa shape index (κ3) is 2.64. The van der Waals surface area contributed by atoms with E-state index in [1.807, 2.05) is 11.8 Å². The van der Waals surface area contributed by atoms with Gasteiger partial charge in [-0.05, 0) is 31.7 Å². The Hall–Kier alpha value is 0.270. The molecule has 1 saturated heterocycles. The maximum Gasteiger partial charge on any atom is 0.0171 e. The molecule has 0 aromatic carbocycles. The van der Waals surface area contributed by atoms with E-state index in [0.717, 1.165) is 11.7 Å². The normalized spacial score (nSPS) is 27.8. The van der Waals surface area contributed by atoms with Crippen LogP contribution in [0.15, 0.2) is 0 Å². The third-order valence-electron chi connectivity index (χ3n) is 2.72. The van der Waals surface area contributed by atoms with E-state index in [4.69, 9.17) is 5.73 Å². The van der Waals surface area contributed by atoms with Crippen LogP contribution in [-0.4, -0.2) is 42.6 Å². The summed E-state index contributed by atoms with van der Waals surface area (Å²) in [4.78, 5) is 2.49. The molecular formula is C9H20N2S. The van der Waals surface area contributed by atoms with Gasteiger partial charge in [0.05, 0.1) is 0 Å². The van der Waals surface area contributed by atoms with Crippen LogP contribution in [0.2, 0.25) is 0 Å². The van der Waals surface area contributed by atoms with Gasteiger partial charge in [0.15, 0.2) is 0 Å². The highest BCUT2D eigenvalue weighted by molar-refractivity contribution is 7.98. The van der Waals surface area contributed by atoms with Gasteiger partial charge in [-0.2, -0.15) is 11.8 Å². The van der Waals surface area contributed by atoms with Crippen LogP contribution < -0.4 is 5.73 Å². The van der Waals surface area contributed by atoms with Crippen LogP contribution in [0.1, 0.15) is 13.3 Å². The molecule has 72 valence electrons. The number of hydrogen-bond donors (Lipinski definition) is 1. The monoisotopic (exact) mass is 188 g/mol. The summed E-state index contributed by atoms with van der Waals surface area (Å²) in [6.07, 6.45) is 3.43. The summed E-state index contributed by atoms with van der Waals surface area (Å²) in [7, 11) is 0. The lowest BCUT2D eigenvalue weighted by molar-refractivity contribution is 0.333. The first kappa shape index (κ1) is 10.4. The molecule has 0 aromatic heterocycles. The van der Waals surface area contributed by atoms with Crippen LogP contribution in [0.25, 0.3) is 0 Å². The predicted octanol–water partition coefficient (Wildman–Crippen LogP) is 1.02. The molecule has 0 saturated carbocycles. The summed E-state index contributed by atoms with van der Waals surface area (Å²) in [5.41, 5.74) is 6.06. The van der Waals surface area contributed by atoms with E-state index in [1.54, 1.807) is 0 Å². The van der Waals surface area contributed by atoms with Crippen molar-refractivity contribution >= 4 is 11.8 Å². The van der Waals surface area contributed by atoms with Crippen molar-refractivity contribution in [3.05, 3.63) is 0 Å². The molecule has 2 N–H and O–H groups in total. The van der Waals surface area contributed by atoms with Crippen molar-refractivity contribution in [3.8, 4) is 0 Å². The minimum absolute atomic E-state index is 0.413. The molecule has 0 bridgehead atoms. The molecule has 1 aliphatic rings. The molecule has 1 fully saturated rings. The molecule has 0 aromatic rings. The summed E-state index contributed by atoms with van der Waals surface area (Å²) in [5.74, 6) is 1.86. The van der Waals surface area contributed by atoms with Crippen LogP contribution in [0.4, 0.5) is 0 Å². The van der Waals surface area contributed by atoms with E-state index < -0.39 is 0 Å². The summed E-state index contributed by atoms with van der Waals surface area (Å²) in [5, 5.41) is 0. The van der Waals surface area contributed by atoms with Gasteiger partial charge in [0.25, 0.3) is 0 Å². The van der Waals surface area contributed by atoms with Crippen LogP contribution in [0.5, 0.6) is 0 Å². The summed E-state index contributed by atoms with van der Waals surface area (Å²) in [6, 6.07) is 0.413. The number of hydrogen-bond acceptors (Lipinski definition) is 3. The molecule has 1 heterocycles. The standard InChI is InChI=1S/C9H20N2S/c1-3-11-5-4-8(6-11)9(10)7-12-2/h8-9H,3-7,10H2,1-2H3. The average molecular weight is 188 g/mol. The first-order chi connectivity index (χ1) is 5.77. The number of thioether (sulfide) groups is 1. The van der Waals surface area contributed by atoms with E-state index in [2.05, 4.69) is 18.1 Å². The first-order valence-electron chi connectivity index (χ1n) is 4.74. The van der Waals surface area contributed by atoms with Crippen molar-refractivity contribution in [2.75, 3.05) is 31.6 Å². The molecule has 0 radical (unpaired) electrons. The number of likely N-dealkylation sites (tertiary alicyclic amines) is 1. The number of nitrogens with zero attached hydrogens (tertiary/aromatic N) is 1.